The van der Waals surface area contributed by atoms with E-state index in [4.69, 9.17) is 9.47 Å². The van der Waals surface area contributed by atoms with Gasteiger partial charge in [-0.2, -0.15) is 0 Å². The quantitative estimate of drug-likeness (QED) is 0.735. The first-order valence-corrected chi connectivity index (χ1v) is 7.08. The summed E-state index contributed by atoms with van der Waals surface area (Å²) < 4.78 is 23.7. The molecule has 0 aliphatic rings. The zero-order valence-electron chi connectivity index (χ0n) is 13.0. The SMILES string of the molecule is C=CCOc1ccc(CNCc2ccc(F)cc2)cc1OC.Cl. The van der Waals surface area contributed by atoms with Crippen LogP contribution in [0.25, 0.3) is 0 Å². The van der Waals surface area contributed by atoms with Crippen LogP contribution in [0.15, 0.2) is 55.1 Å². The van der Waals surface area contributed by atoms with Crippen molar-refractivity contribution in [2.75, 3.05) is 13.7 Å². The van der Waals surface area contributed by atoms with E-state index in [0.717, 1.165) is 11.1 Å². The maximum atomic E-state index is 12.8. The van der Waals surface area contributed by atoms with Gasteiger partial charge in [-0.1, -0.05) is 30.9 Å². The van der Waals surface area contributed by atoms with E-state index in [2.05, 4.69) is 11.9 Å². The monoisotopic (exact) mass is 337 g/mol. The molecule has 2 aromatic carbocycles. The zero-order valence-corrected chi connectivity index (χ0v) is 13.9. The molecule has 0 amide bonds. The molecule has 124 valence electrons. The fourth-order valence-corrected chi connectivity index (χ4v) is 2.04. The van der Waals surface area contributed by atoms with E-state index in [9.17, 15) is 4.39 Å². The Hall–Kier alpha value is -2.04. The lowest BCUT2D eigenvalue weighted by Crippen LogP contribution is -2.12. The molecule has 0 saturated heterocycles. The Balaban J connectivity index is 0.00000264. The van der Waals surface area contributed by atoms with E-state index in [0.29, 0.717) is 31.2 Å². The molecule has 0 aliphatic carbocycles. The lowest BCUT2D eigenvalue weighted by atomic mass is 10.2. The zero-order chi connectivity index (χ0) is 15.8. The molecule has 0 fully saturated rings. The third-order valence-corrected chi connectivity index (χ3v) is 3.16. The standard InChI is InChI=1S/C18H20FNO2.ClH/c1-3-10-22-17-9-6-15(11-18(17)21-2)13-20-12-14-4-7-16(19)8-5-14;/h3-9,11,20H,1,10,12-13H2,2H3;1H. The number of methoxy groups -OCH3 is 1. The van der Waals surface area contributed by atoms with Crippen LogP contribution in [-0.4, -0.2) is 13.7 Å². The van der Waals surface area contributed by atoms with Crippen molar-refractivity contribution in [2.45, 2.75) is 13.1 Å². The Morgan fingerprint density at radius 1 is 1.04 bits per heavy atom. The maximum Gasteiger partial charge on any atom is 0.161 e. The number of hydrogen-bond donors (Lipinski definition) is 1. The highest BCUT2D eigenvalue weighted by Gasteiger charge is 2.05. The summed E-state index contributed by atoms with van der Waals surface area (Å²) >= 11 is 0. The minimum atomic E-state index is -0.219. The minimum Gasteiger partial charge on any atom is -0.493 e. The average Bonchev–Trinajstić information content (AvgIpc) is 2.55. The van der Waals surface area contributed by atoms with Gasteiger partial charge in [0.05, 0.1) is 7.11 Å². The Morgan fingerprint density at radius 3 is 2.35 bits per heavy atom. The third kappa shape index (κ3) is 5.93. The van der Waals surface area contributed by atoms with E-state index in [1.54, 1.807) is 25.3 Å². The highest BCUT2D eigenvalue weighted by molar-refractivity contribution is 5.85. The molecule has 0 spiro atoms. The lowest BCUT2D eigenvalue weighted by Gasteiger charge is -2.11. The first-order chi connectivity index (χ1) is 10.7. The molecule has 0 bridgehead atoms. The van der Waals surface area contributed by atoms with Gasteiger partial charge < -0.3 is 14.8 Å². The molecule has 0 heterocycles. The van der Waals surface area contributed by atoms with Crippen LogP contribution in [0, 0.1) is 5.82 Å². The maximum absolute atomic E-state index is 12.8. The van der Waals surface area contributed by atoms with Crippen LogP contribution in [0.5, 0.6) is 11.5 Å². The van der Waals surface area contributed by atoms with Crippen LogP contribution in [0.4, 0.5) is 4.39 Å². The highest BCUT2D eigenvalue weighted by Crippen LogP contribution is 2.28. The predicted molar refractivity (Wildman–Crippen MR) is 92.9 cm³/mol. The topological polar surface area (TPSA) is 30.5 Å². The van der Waals surface area contributed by atoms with Gasteiger partial charge in [-0.15, -0.1) is 12.4 Å². The molecular formula is C18H21ClFNO2. The van der Waals surface area contributed by atoms with Gasteiger partial charge in [0.2, 0.25) is 0 Å². The Morgan fingerprint density at radius 2 is 1.70 bits per heavy atom. The second-order valence-electron chi connectivity index (χ2n) is 4.81. The van der Waals surface area contributed by atoms with Crippen molar-refractivity contribution >= 4 is 12.4 Å². The third-order valence-electron chi connectivity index (χ3n) is 3.16. The van der Waals surface area contributed by atoms with Crippen molar-refractivity contribution < 1.29 is 13.9 Å². The van der Waals surface area contributed by atoms with Crippen LogP contribution in [0.1, 0.15) is 11.1 Å². The van der Waals surface area contributed by atoms with Crippen molar-refractivity contribution in [2.24, 2.45) is 0 Å². The molecule has 2 aromatic rings. The smallest absolute Gasteiger partial charge is 0.161 e. The summed E-state index contributed by atoms with van der Waals surface area (Å²) in [7, 11) is 1.62. The Labute approximate surface area is 142 Å². The largest absolute Gasteiger partial charge is 0.493 e. The van der Waals surface area contributed by atoms with Crippen LogP contribution in [-0.2, 0) is 13.1 Å². The summed E-state index contributed by atoms with van der Waals surface area (Å²) in [4.78, 5) is 0. The number of nitrogens with one attached hydrogen (secondary N) is 1. The Kier molecular flexibility index (Phi) is 8.16. The van der Waals surface area contributed by atoms with Crippen molar-refractivity contribution in [3.05, 3.63) is 72.1 Å². The lowest BCUT2D eigenvalue weighted by molar-refractivity contribution is 0.326. The van der Waals surface area contributed by atoms with Gasteiger partial charge in [0, 0.05) is 13.1 Å². The number of hydrogen-bond acceptors (Lipinski definition) is 3. The van der Waals surface area contributed by atoms with Gasteiger partial charge in [-0.3, -0.25) is 0 Å². The highest BCUT2D eigenvalue weighted by atomic mass is 35.5. The molecule has 0 unspecified atom stereocenters. The molecule has 0 atom stereocenters. The normalized spacial score (nSPS) is 9.83. The van der Waals surface area contributed by atoms with E-state index in [1.165, 1.54) is 12.1 Å². The molecule has 0 aromatic heterocycles. The van der Waals surface area contributed by atoms with E-state index in [-0.39, 0.29) is 18.2 Å². The van der Waals surface area contributed by atoms with E-state index in [1.807, 2.05) is 18.2 Å². The predicted octanol–water partition coefficient (Wildman–Crippen LogP) is 4.11. The molecule has 0 aliphatic heterocycles. The van der Waals surface area contributed by atoms with Gasteiger partial charge in [0.1, 0.15) is 12.4 Å². The van der Waals surface area contributed by atoms with Gasteiger partial charge in [-0.25, -0.2) is 4.39 Å². The summed E-state index contributed by atoms with van der Waals surface area (Å²) in [5, 5.41) is 3.32. The van der Waals surface area contributed by atoms with Gasteiger partial charge in [0.15, 0.2) is 11.5 Å². The number of rotatable bonds is 8. The summed E-state index contributed by atoms with van der Waals surface area (Å²) in [6, 6.07) is 12.3. The first kappa shape index (κ1) is 19.0. The summed E-state index contributed by atoms with van der Waals surface area (Å²) in [5.41, 5.74) is 2.13. The second-order valence-corrected chi connectivity index (χ2v) is 4.81. The molecular weight excluding hydrogens is 317 g/mol. The van der Waals surface area contributed by atoms with Crippen molar-refractivity contribution in [3.63, 3.8) is 0 Å². The van der Waals surface area contributed by atoms with Gasteiger partial charge in [0.25, 0.3) is 0 Å². The summed E-state index contributed by atoms with van der Waals surface area (Å²) in [6.45, 7) is 5.44. The van der Waals surface area contributed by atoms with Crippen LogP contribution in [0.3, 0.4) is 0 Å². The second kappa shape index (κ2) is 9.87. The molecule has 2 rings (SSSR count). The van der Waals surface area contributed by atoms with Gasteiger partial charge in [-0.05, 0) is 35.4 Å². The van der Waals surface area contributed by atoms with Crippen molar-refractivity contribution in [1.29, 1.82) is 0 Å². The average molecular weight is 338 g/mol. The first-order valence-electron chi connectivity index (χ1n) is 7.08. The van der Waals surface area contributed by atoms with Crippen molar-refractivity contribution in [3.8, 4) is 11.5 Å². The van der Waals surface area contributed by atoms with Crippen LogP contribution in [0.2, 0.25) is 0 Å². The molecule has 5 heteroatoms. The van der Waals surface area contributed by atoms with E-state index >= 15 is 0 Å². The molecule has 1 N–H and O–H groups in total. The van der Waals surface area contributed by atoms with Crippen LogP contribution < -0.4 is 14.8 Å². The van der Waals surface area contributed by atoms with E-state index < -0.39 is 0 Å². The number of halogens is 2. The number of benzene rings is 2. The molecule has 23 heavy (non-hydrogen) atoms. The number of ether oxygens (including phenoxy) is 2. The summed E-state index contributed by atoms with van der Waals surface area (Å²) in [6.07, 6.45) is 1.69. The Bertz CT molecular complexity index is 617. The molecule has 0 radical (unpaired) electrons. The van der Waals surface area contributed by atoms with Crippen molar-refractivity contribution in [1.82, 2.24) is 5.32 Å². The molecule has 3 nitrogen and oxygen atoms in total. The van der Waals surface area contributed by atoms with Gasteiger partial charge >= 0.3 is 0 Å². The fraction of sp³-hybridized carbons (Fsp3) is 0.222. The molecule has 0 saturated carbocycles. The minimum absolute atomic E-state index is 0. The van der Waals surface area contributed by atoms with Crippen LogP contribution >= 0.6 is 12.4 Å². The summed E-state index contributed by atoms with van der Waals surface area (Å²) in [5.74, 6) is 1.18. The fourth-order valence-electron chi connectivity index (χ4n) is 2.04.